The van der Waals surface area contributed by atoms with E-state index in [0.29, 0.717) is 12.8 Å². The Bertz CT molecular complexity index is 425. The van der Waals surface area contributed by atoms with Gasteiger partial charge in [-0.25, -0.2) is 0 Å². The number of carbonyl (C=O) groups is 2. The SMILES string of the molecule is C/C=C/[C@H](O)C[C@H]1C(=O)C=C[C@@H]1CCCCCCCC(=O)OC. The number of unbranched alkanes of at least 4 members (excludes halogenated alkanes) is 4. The Morgan fingerprint density at radius 1 is 1.30 bits per heavy atom. The van der Waals surface area contributed by atoms with Crippen molar-refractivity contribution in [2.75, 3.05) is 7.11 Å². The van der Waals surface area contributed by atoms with Gasteiger partial charge in [0.2, 0.25) is 0 Å². The van der Waals surface area contributed by atoms with E-state index in [1.807, 2.05) is 19.1 Å². The number of ether oxygens (including phenoxy) is 1. The fourth-order valence-electron chi connectivity index (χ4n) is 3.12. The first kappa shape index (κ1) is 19.6. The van der Waals surface area contributed by atoms with Crippen LogP contribution < -0.4 is 0 Å². The van der Waals surface area contributed by atoms with Crippen molar-refractivity contribution >= 4 is 11.8 Å². The zero-order valence-electron chi connectivity index (χ0n) is 14.4. The van der Waals surface area contributed by atoms with Crippen LogP contribution in [0.25, 0.3) is 0 Å². The maximum atomic E-state index is 11.9. The second kappa shape index (κ2) is 11.2. The van der Waals surface area contributed by atoms with Crippen molar-refractivity contribution in [3.05, 3.63) is 24.3 Å². The zero-order chi connectivity index (χ0) is 17.1. The highest BCUT2D eigenvalue weighted by Gasteiger charge is 2.30. The minimum absolute atomic E-state index is 0.0690. The Morgan fingerprint density at radius 3 is 2.70 bits per heavy atom. The number of hydrogen-bond donors (Lipinski definition) is 1. The summed E-state index contributed by atoms with van der Waals surface area (Å²) in [4.78, 5) is 22.9. The summed E-state index contributed by atoms with van der Waals surface area (Å²) >= 11 is 0. The van der Waals surface area contributed by atoms with Gasteiger partial charge in [-0.3, -0.25) is 9.59 Å². The largest absolute Gasteiger partial charge is 0.469 e. The molecule has 0 unspecified atom stereocenters. The molecule has 0 aliphatic heterocycles. The third kappa shape index (κ3) is 7.60. The van der Waals surface area contributed by atoms with Gasteiger partial charge in [-0.2, -0.15) is 0 Å². The Morgan fingerprint density at radius 2 is 2.00 bits per heavy atom. The Hall–Kier alpha value is -1.42. The van der Waals surface area contributed by atoms with E-state index in [0.717, 1.165) is 38.5 Å². The zero-order valence-corrected chi connectivity index (χ0v) is 14.4. The number of methoxy groups -OCH3 is 1. The molecule has 0 saturated carbocycles. The molecule has 0 radical (unpaired) electrons. The molecule has 0 fully saturated rings. The molecular formula is C19H30O4. The summed E-state index contributed by atoms with van der Waals surface area (Å²) in [5.41, 5.74) is 0. The van der Waals surface area contributed by atoms with E-state index in [-0.39, 0.29) is 23.6 Å². The van der Waals surface area contributed by atoms with Gasteiger partial charge in [-0.05, 0) is 38.2 Å². The van der Waals surface area contributed by atoms with Crippen LogP contribution in [0.5, 0.6) is 0 Å². The Labute approximate surface area is 139 Å². The van der Waals surface area contributed by atoms with Crippen molar-refractivity contribution in [1.82, 2.24) is 0 Å². The highest BCUT2D eigenvalue weighted by Crippen LogP contribution is 2.31. The van der Waals surface area contributed by atoms with Crippen LogP contribution >= 0.6 is 0 Å². The molecule has 1 N–H and O–H groups in total. The predicted octanol–water partition coefficient (Wildman–Crippen LogP) is 3.59. The molecule has 4 heteroatoms. The second-order valence-electron chi connectivity index (χ2n) is 6.24. The second-order valence-corrected chi connectivity index (χ2v) is 6.24. The fraction of sp³-hybridized carbons (Fsp3) is 0.684. The van der Waals surface area contributed by atoms with Crippen molar-refractivity contribution in [3.63, 3.8) is 0 Å². The topological polar surface area (TPSA) is 63.6 Å². The number of rotatable bonds is 11. The molecular weight excluding hydrogens is 292 g/mol. The van der Waals surface area contributed by atoms with Gasteiger partial charge in [-0.15, -0.1) is 0 Å². The quantitative estimate of drug-likeness (QED) is 0.359. The molecule has 0 bridgehead atoms. The number of ketones is 1. The molecule has 0 spiro atoms. The van der Waals surface area contributed by atoms with E-state index in [1.54, 1.807) is 12.2 Å². The summed E-state index contributed by atoms with van der Waals surface area (Å²) in [6.45, 7) is 1.87. The molecule has 1 rings (SSSR count). The number of allylic oxidation sites excluding steroid dienone is 3. The molecule has 0 aromatic heterocycles. The van der Waals surface area contributed by atoms with Crippen LogP contribution in [0, 0.1) is 11.8 Å². The standard InChI is InChI=1S/C19H30O4/c1-3-9-16(20)14-17-15(12-13-18(17)21)10-7-5-4-6-8-11-19(22)23-2/h3,9,12-13,15-17,20H,4-8,10-11,14H2,1-2H3/b9-3+/t15-,16-,17+/m0/s1. The number of hydrogen-bond acceptors (Lipinski definition) is 4. The number of aliphatic hydroxyl groups is 1. The van der Waals surface area contributed by atoms with Gasteiger partial charge in [0.25, 0.3) is 0 Å². The van der Waals surface area contributed by atoms with Gasteiger partial charge < -0.3 is 9.84 Å². The fourth-order valence-corrected chi connectivity index (χ4v) is 3.12. The Balaban J connectivity index is 2.19. The third-order valence-electron chi connectivity index (χ3n) is 4.45. The maximum Gasteiger partial charge on any atom is 0.305 e. The molecule has 130 valence electrons. The first-order valence-corrected chi connectivity index (χ1v) is 8.68. The van der Waals surface area contributed by atoms with Crippen LogP contribution in [-0.2, 0) is 14.3 Å². The van der Waals surface area contributed by atoms with Gasteiger partial charge >= 0.3 is 5.97 Å². The van der Waals surface area contributed by atoms with Crippen LogP contribution in [0.3, 0.4) is 0 Å². The molecule has 23 heavy (non-hydrogen) atoms. The predicted molar refractivity (Wildman–Crippen MR) is 90.9 cm³/mol. The smallest absolute Gasteiger partial charge is 0.305 e. The van der Waals surface area contributed by atoms with E-state index >= 15 is 0 Å². The molecule has 4 nitrogen and oxygen atoms in total. The van der Waals surface area contributed by atoms with Gasteiger partial charge in [0.15, 0.2) is 5.78 Å². The summed E-state index contributed by atoms with van der Waals surface area (Å²) in [6.07, 6.45) is 13.9. The van der Waals surface area contributed by atoms with Crippen molar-refractivity contribution in [3.8, 4) is 0 Å². The van der Waals surface area contributed by atoms with Crippen LogP contribution in [0.2, 0.25) is 0 Å². The van der Waals surface area contributed by atoms with E-state index in [9.17, 15) is 14.7 Å². The lowest BCUT2D eigenvalue weighted by atomic mass is 9.85. The molecule has 1 aliphatic rings. The first-order valence-electron chi connectivity index (χ1n) is 8.68. The van der Waals surface area contributed by atoms with Gasteiger partial charge in [0, 0.05) is 12.3 Å². The van der Waals surface area contributed by atoms with Crippen LogP contribution in [0.15, 0.2) is 24.3 Å². The van der Waals surface area contributed by atoms with Crippen LogP contribution in [-0.4, -0.2) is 30.1 Å². The highest BCUT2D eigenvalue weighted by molar-refractivity contribution is 5.94. The van der Waals surface area contributed by atoms with Gasteiger partial charge in [0.05, 0.1) is 13.2 Å². The summed E-state index contributed by atoms with van der Waals surface area (Å²) in [7, 11) is 1.42. The van der Waals surface area contributed by atoms with E-state index in [1.165, 1.54) is 7.11 Å². The first-order chi connectivity index (χ1) is 11.1. The normalized spacial score (nSPS) is 22.0. The minimum atomic E-state index is -0.533. The summed E-state index contributed by atoms with van der Waals surface area (Å²) in [5.74, 6) is 0.205. The number of carbonyl (C=O) groups excluding carboxylic acids is 2. The molecule has 0 saturated heterocycles. The summed E-state index contributed by atoms with van der Waals surface area (Å²) < 4.78 is 4.61. The monoisotopic (exact) mass is 322 g/mol. The van der Waals surface area contributed by atoms with Gasteiger partial charge in [0.1, 0.15) is 0 Å². The average Bonchev–Trinajstić information content (AvgIpc) is 2.87. The highest BCUT2D eigenvalue weighted by atomic mass is 16.5. The minimum Gasteiger partial charge on any atom is -0.469 e. The van der Waals surface area contributed by atoms with Gasteiger partial charge in [-0.1, -0.05) is 43.9 Å². The molecule has 0 heterocycles. The van der Waals surface area contributed by atoms with E-state index in [4.69, 9.17) is 0 Å². The van der Waals surface area contributed by atoms with Crippen molar-refractivity contribution in [1.29, 1.82) is 0 Å². The summed E-state index contributed by atoms with van der Waals surface area (Å²) in [5, 5.41) is 9.87. The average molecular weight is 322 g/mol. The van der Waals surface area contributed by atoms with E-state index < -0.39 is 6.10 Å². The number of aliphatic hydroxyl groups excluding tert-OH is 1. The van der Waals surface area contributed by atoms with Crippen LogP contribution in [0.4, 0.5) is 0 Å². The van der Waals surface area contributed by atoms with Crippen molar-refractivity contribution in [2.45, 2.75) is 64.4 Å². The maximum absolute atomic E-state index is 11.9. The molecule has 0 aromatic rings. The third-order valence-corrected chi connectivity index (χ3v) is 4.45. The molecule has 3 atom stereocenters. The summed E-state index contributed by atoms with van der Waals surface area (Å²) in [6, 6.07) is 0. The lowest BCUT2D eigenvalue weighted by molar-refractivity contribution is -0.140. The lowest BCUT2D eigenvalue weighted by Gasteiger charge is -2.19. The van der Waals surface area contributed by atoms with Crippen molar-refractivity contribution < 1.29 is 19.4 Å². The lowest BCUT2D eigenvalue weighted by Crippen LogP contribution is -2.21. The number of esters is 1. The Kier molecular flexibility index (Phi) is 9.53. The van der Waals surface area contributed by atoms with Crippen LogP contribution in [0.1, 0.15) is 58.3 Å². The van der Waals surface area contributed by atoms with E-state index in [2.05, 4.69) is 4.74 Å². The van der Waals surface area contributed by atoms with Crippen molar-refractivity contribution in [2.24, 2.45) is 11.8 Å². The molecule has 0 amide bonds. The molecule has 1 aliphatic carbocycles. The molecule has 0 aromatic carbocycles.